The molecule has 1 aromatic carbocycles. The SMILES string of the molecule is CC(NC(=O)c1cc(Cl)cc(OC(F)(F)F)c1)c1nccnc1-n1cc(C(=O)N(C)CC2CC2)cn1. The summed E-state index contributed by atoms with van der Waals surface area (Å²) >= 11 is 5.87. The fraction of sp³-hybridized carbons (Fsp3) is 0.348. The number of ether oxygens (including phenoxy) is 1. The maximum Gasteiger partial charge on any atom is 0.573 e. The van der Waals surface area contributed by atoms with Crippen LogP contribution in [0.3, 0.4) is 0 Å². The molecule has 1 saturated carbocycles. The highest BCUT2D eigenvalue weighted by Gasteiger charge is 2.32. The molecule has 0 radical (unpaired) electrons. The van der Waals surface area contributed by atoms with E-state index in [0.717, 1.165) is 25.0 Å². The van der Waals surface area contributed by atoms with Crippen molar-refractivity contribution >= 4 is 23.4 Å². The van der Waals surface area contributed by atoms with Crippen LogP contribution in [0.5, 0.6) is 5.75 Å². The maximum atomic E-state index is 12.8. The van der Waals surface area contributed by atoms with E-state index in [-0.39, 0.29) is 22.3 Å². The van der Waals surface area contributed by atoms with E-state index in [1.165, 1.54) is 35.5 Å². The van der Waals surface area contributed by atoms with Crippen molar-refractivity contribution < 1.29 is 27.5 Å². The van der Waals surface area contributed by atoms with Crippen molar-refractivity contribution in [2.24, 2.45) is 5.92 Å². The predicted octanol–water partition coefficient (Wildman–Crippen LogP) is 4.19. The van der Waals surface area contributed by atoms with Gasteiger partial charge >= 0.3 is 6.36 Å². The summed E-state index contributed by atoms with van der Waals surface area (Å²) in [7, 11) is 1.74. The fourth-order valence-electron chi connectivity index (χ4n) is 3.60. The van der Waals surface area contributed by atoms with E-state index >= 15 is 0 Å². The second kappa shape index (κ2) is 10.1. The summed E-state index contributed by atoms with van der Waals surface area (Å²) < 4.78 is 43.0. The van der Waals surface area contributed by atoms with E-state index in [9.17, 15) is 22.8 Å². The summed E-state index contributed by atoms with van der Waals surface area (Å²) in [6.45, 7) is 2.31. The summed E-state index contributed by atoms with van der Waals surface area (Å²) in [6.07, 6.45) is 3.14. The van der Waals surface area contributed by atoms with Crippen molar-refractivity contribution in [3.8, 4) is 11.6 Å². The van der Waals surface area contributed by atoms with Crippen LogP contribution >= 0.6 is 11.6 Å². The third-order valence-corrected chi connectivity index (χ3v) is 5.67. The normalized spacial score (nSPS) is 14.3. The smallest absolute Gasteiger partial charge is 0.406 e. The average Bonchev–Trinajstić information content (AvgIpc) is 3.48. The first-order chi connectivity index (χ1) is 17.0. The molecule has 1 fully saturated rings. The fourth-order valence-corrected chi connectivity index (χ4v) is 3.82. The average molecular weight is 523 g/mol. The molecule has 1 unspecified atom stereocenters. The first-order valence-electron chi connectivity index (χ1n) is 11.0. The Balaban J connectivity index is 1.51. The minimum absolute atomic E-state index is 0.102. The van der Waals surface area contributed by atoms with E-state index in [1.54, 1.807) is 18.9 Å². The molecule has 9 nitrogen and oxygen atoms in total. The van der Waals surface area contributed by atoms with Crippen LogP contribution in [0.2, 0.25) is 5.02 Å². The van der Waals surface area contributed by atoms with Gasteiger partial charge in [0.15, 0.2) is 5.82 Å². The van der Waals surface area contributed by atoms with Crippen LogP contribution in [0, 0.1) is 5.92 Å². The molecule has 0 aliphatic heterocycles. The summed E-state index contributed by atoms with van der Waals surface area (Å²) in [4.78, 5) is 35.7. The monoisotopic (exact) mass is 522 g/mol. The molecule has 1 aliphatic rings. The van der Waals surface area contributed by atoms with Crippen LogP contribution in [-0.4, -0.2) is 56.4 Å². The number of hydrogen-bond donors (Lipinski definition) is 1. The number of aromatic nitrogens is 4. The highest BCUT2D eigenvalue weighted by Crippen LogP contribution is 2.30. The van der Waals surface area contributed by atoms with Gasteiger partial charge in [0.1, 0.15) is 11.4 Å². The number of amides is 2. The highest BCUT2D eigenvalue weighted by atomic mass is 35.5. The largest absolute Gasteiger partial charge is 0.573 e. The first kappa shape index (κ1) is 25.4. The van der Waals surface area contributed by atoms with Crippen LogP contribution in [0.4, 0.5) is 13.2 Å². The summed E-state index contributed by atoms with van der Waals surface area (Å²) in [5, 5.41) is 6.80. The molecule has 0 saturated heterocycles. The predicted molar refractivity (Wildman–Crippen MR) is 123 cm³/mol. The number of nitrogens with one attached hydrogen (secondary N) is 1. The molecule has 13 heteroatoms. The van der Waals surface area contributed by atoms with Crippen LogP contribution in [0.25, 0.3) is 5.82 Å². The number of nitrogens with zero attached hydrogens (tertiary/aromatic N) is 5. The number of rotatable bonds is 8. The topological polar surface area (TPSA) is 102 Å². The van der Waals surface area contributed by atoms with E-state index in [0.29, 0.717) is 23.7 Å². The zero-order chi connectivity index (χ0) is 26.0. The standard InChI is InChI=1S/C23H22ClF3N6O3/c1-13(31-21(34)15-7-17(24)9-18(8-15)36-23(25,26)27)19-20(29-6-5-28-19)33-12-16(10-30-33)22(35)32(2)11-14-3-4-14/h5-10,12-14H,3-4,11H2,1-2H3,(H,31,34). The molecular weight excluding hydrogens is 501 g/mol. The van der Waals surface area contributed by atoms with E-state index < -0.39 is 24.1 Å². The Labute approximate surface area is 209 Å². The molecule has 190 valence electrons. The Bertz CT molecular complexity index is 1280. The molecule has 4 rings (SSSR count). The van der Waals surface area contributed by atoms with Gasteiger partial charge in [0.25, 0.3) is 11.8 Å². The molecule has 0 bridgehead atoms. The lowest BCUT2D eigenvalue weighted by Gasteiger charge is -2.17. The van der Waals surface area contributed by atoms with Crippen molar-refractivity contribution in [1.29, 1.82) is 0 Å². The Morgan fingerprint density at radius 3 is 2.64 bits per heavy atom. The number of benzene rings is 1. The van der Waals surface area contributed by atoms with Gasteiger partial charge < -0.3 is 15.0 Å². The molecule has 2 aromatic heterocycles. The molecule has 1 atom stereocenters. The number of carbonyl (C=O) groups excluding carboxylic acids is 2. The van der Waals surface area contributed by atoms with E-state index in [4.69, 9.17) is 11.6 Å². The lowest BCUT2D eigenvalue weighted by atomic mass is 10.1. The van der Waals surface area contributed by atoms with Gasteiger partial charge in [-0.3, -0.25) is 14.6 Å². The van der Waals surface area contributed by atoms with Crippen molar-refractivity contribution in [3.05, 3.63) is 64.8 Å². The lowest BCUT2D eigenvalue weighted by molar-refractivity contribution is -0.274. The number of hydrogen-bond acceptors (Lipinski definition) is 6. The molecular formula is C23H22ClF3N6O3. The summed E-state index contributed by atoms with van der Waals surface area (Å²) in [6, 6.07) is 2.37. The first-order valence-corrected chi connectivity index (χ1v) is 11.4. The van der Waals surface area contributed by atoms with Gasteiger partial charge in [0, 0.05) is 42.8 Å². The number of halogens is 4. The minimum Gasteiger partial charge on any atom is -0.406 e. The molecule has 2 amide bonds. The lowest BCUT2D eigenvalue weighted by Crippen LogP contribution is -2.29. The Morgan fingerprint density at radius 2 is 1.94 bits per heavy atom. The number of alkyl halides is 3. The van der Waals surface area contributed by atoms with Crippen molar-refractivity contribution in [2.45, 2.75) is 32.2 Å². The Kier molecular flexibility index (Phi) is 7.16. The van der Waals surface area contributed by atoms with Gasteiger partial charge in [-0.2, -0.15) is 5.10 Å². The third-order valence-electron chi connectivity index (χ3n) is 5.45. The molecule has 3 aromatic rings. The van der Waals surface area contributed by atoms with Crippen LogP contribution in [0.15, 0.2) is 43.0 Å². The summed E-state index contributed by atoms with van der Waals surface area (Å²) in [5.41, 5.74) is 0.570. The highest BCUT2D eigenvalue weighted by molar-refractivity contribution is 6.31. The van der Waals surface area contributed by atoms with E-state index in [2.05, 4.69) is 25.1 Å². The van der Waals surface area contributed by atoms with Crippen molar-refractivity contribution in [3.63, 3.8) is 0 Å². The molecule has 0 spiro atoms. The van der Waals surface area contributed by atoms with Crippen LogP contribution in [0.1, 0.15) is 52.2 Å². The van der Waals surface area contributed by atoms with Crippen LogP contribution in [-0.2, 0) is 0 Å². The third kappa shape index (κ3) is 6.30. The van der Waals surface area contributed by atoms with Gasteiger partial charge in [-0.25, -0.2) is 9.67 Å². The van der Waals surface area contributed by atoms with Crippen LogP contribution < -0.4 is 10.1 Å². The van der Waals surface area contributed by atoms with Gasteiger partial charge in [-0.05, 0) is 43.9 Å². The van der Waals surface area contributed by atoms with Gasteiger partial charge in [-0.15, -0.1) is 13.2 Å². The van der Waals surface area contributed by atoms with Gasteiger partial charge in [-0.1, -0.05) is 11.6 Å². The zero-order valence-electron chi connectivity index (χ0n) is 19.3. The van der Waals surface area contributed by atoms with Gasteiger partial charge in [0.2, 0.25) is 0 Å². The Hall–Kier alpha value is -3.67. The Morgan fingerprint density at radius 1 is 1.22 bits per heavy atom. The minimum atomic E-state index is -4.93. The molecule has 2 heterocycles. The van der Waals surface area contributed by atoms with Crippen molar-refractivity contribution in [1.82, 2.24) is 30.0 Å². The molecule has 1 N–H and O–H groups in total. The van der Waals surface area contributed by atoms with Crippen molar-refractivity contribution in [2.75, 3.05) is 13.6 Å². The zero-order valence-corrected chi connectivity index (χ0v) is 20.0. The number of carbonyl (C=O) groups is 2. The molecule has 36 heavy (non-hydrogen) atoms. The van der Waals surface area contributed by atoms with Gasteiger partial charge in [0.05, 0.1) is 17.8 Å². The van der Waals surface area contributed by atoms with E-state index in [1.807, 2.05) is 0 Å². The second-order valence-corrected chi connectivity index (χ2v) is 8.92. The second-order valence-electron chi connectivity index (χ2n) is 8.49. The maximum absolute atomic E-state index is 12.8. The quantitative estimate of drug-likeness (QED) is 0.476. The molecule has 1 aliphatic carbocycles. The summed E-state index contributed by atoms with van der Waals surface area (Å²) in [5.74, 6) is -0.667.